The fourth-order valence-corrected chi connectivity index (χ4v) is 5.59. The number of hydrogen-bond donors (Lipinski definition) is 0. The predicted molar refractivity (Wildman–Crippen MR) is 78.5 cm³/mol. The Morgan fingerprint density at radius 2 is 1.72 bits per heavy atom. The maximum absolute atomic E-state index is 2.59. The highest BCUT2D eigenvalue weighted by molar-refractivity contribution is 5.30. The third-order valence-electron chi connectivity index (χ3n) is 6.37. The minimum absolute atomic E-state index is 0.592. The molecule has 18 heavy (non-hydrogen) atoms. The first-order chi connectivity index (χ1) is 8.66. The maximum atomic E-state index is 2.59. The van der Waals surface area contributed by atoms with Crippen molar-refractivity contribution in [2.45, 2.75) is 78.6 Å². The van der Waals surface area contributed by atoms with Crippen molar-refractivity contribution in [1.82, 2.24) is 0 Å². The highest BCUT2D eigenvalue weighted by atomic mass is 14.5. The van der Waals surface area contributed by atoms with Crippen molar-refractivity contribution in [2.24, 2.45) is 23.2 Å². The van der Waals surface area contributed by atoms with Crippen LogP contribution in [-0.4, -0.2) is 0 Å². The van der Waals surface area contributed by atoms with Crippen molar-refractivity contribution in [2.75, 3.05) is 0 Å². The van der Waals surface area contributed by atoms with Gasteiger partial charge in [-0.25, -0.2) is 0 Å². The van der Waals surface area contributed by atoms with Gasteiger partial charge in [-0.3, -0.25) is 0 Å². The van der Waals surface area contributed by atoms with Crippen LogP contribution in [0, 0.1) is 23.2 Å². The number of fused-ring (bicyclic) bond motifs is 3. The molecular formula is C18H30. The second kappa shape index (κ2) is 4.69. The lowest BCUT2D eigenvalue weighted by Crippen LogP contribution is -2.46. The molecule has 0 spiro atoms. The molecule has 3 aliphatic carbocycles. The average Bonchev–Trinajstić information content (AvgIpc) is 2.34. The molecule has 3 aliphatic rings. The SMILES string of the molecule is CCCC1C2=C(CCCC2)C2CCCC1C2(C)C. The zero-order valence-corrected chi connectivity index (χ0v) is 12.6. The highest BCUT2D eigenvalue weighted by Crippen LogP contribution is 2.60. The third kappa shape index (κ3) is 1.79. The summed E-state index contributed by atoms with van der Waals surface area (Å²) in [5.74, 6) is 2.89. The Bertz CT molecular complexity index is 347. The summed E-state index contributed by atoms with van der Waals surface area (Å²) < 4.78 is 0. The molecule has 2 bridgehead atoms. The Morgan fingerprint density at radius 1 is 1.00 bits per heavy atom. The number of hydrogen-bond acceptors (Lipinski definition) is 0. The van der Waals surface area contributed by atoms with Gasteiger partial charge in [0.2, 0.25) is 0 Å². The van der Waals surface area contributed by atoms with Gasteiger partial charge >= 0.3 is 0 Å². The summed E-state index contributed by atoms with van der Waals surface area (Å²) in [6, 6.07) is 0. The van der Waals surface area contributed by atoms with Gasteiger partial charge in [-0.2, -0.15) is 0 Å². The monoisotopic (exact) mass is 246 g/mol. The van der Waals surface area contributed by atoms with E-state index >= 15 is 0 Å². The molecule has 0 heterocycles. The van der Waals surface area contributed by atoms with Crippen molar-refractivity contribution < 1.29 is 0 Å². The van der Waals surface area contributed by atoms with E-state index in [9.17, 15) is 0 Å². The van der Waals surface area contributed by atoms with Crippen LogP contribution in [0.1, 0.15) is 78.6 Å². The molecule has 3 atom stereocenters. The van der Waals surface area contributed by atoms with E-state index in [4.69, 9.17) is 0 Å². The molecule has 1 fully saturated rings. The van der Waals surface area contributed by atoms with E-state index in [1.807, 2.05) is 11.1 Å². The van der Waals surface area contributed by atoms with E-state index < -0.39 is 0 Å². The van der Waals surface area contributed by atoms with Gasteiger partial charge in [0.05, 0.1) is 0 Å². The first-order valence-corrected chi connectivity index (χ1v) is 8.38. The van der Waals surface area contributed by atoms with Gasteiger partial charge in [0.15, 0.2) is 0 Å². The normalized spacial score (nSPS) is 38.5. The van der Waals surface area contributed by atoms with Crippen molar-refractivity contribution >= 4 is 0 Å². The van der Waals surface area contributed by atoms with Gasteiger partial charge in [-0.05, 0) is 68.1 Å². The van der Waals surface area contributed by atoms with Crippen LogP contribution in [0.25, 0.3) is 0 Å². The Kier molecular flexibility index (Phi) is 3.32. The molecule has 0 saturated heterocycles. The van der Waals surface area contributed by atoms with Crippen LogP contribution in [0.3, 0.4) is 0 Å². The molecule has 3 unspecified atom stereocenters. The van der Waals surface area contributed by atoms with Crippen molar-refractivity contribution in [1.29, 1.82) is 0 Å². The maximum Gasteiger partial charge on any atom is -0.0146 e. The molecule has 0 aromatic heterocycles. The lowest BCUT2D eigenvalue weighted by Gasteiger charge is -2.56. The molecule has 0 radical (unpaired) electrons. The molecule has 1 saturated carbocycles. The van der Waals surface area contributed by atoms with E-state index in [2.05, 4.69) is 20.8 Å². The van der Waals surface area contributed by atoms with Crippen molar-refractivity contribution in [3.8, 4) is 0 Å². The summed E-state index contributed by atoms with van der Waals surface area (Å²) in [6.45, 7) is 7.55. The van der Waals surface area contributed by atoms with Crippen LogP contribution in [0.5, 0.6) is 0 Å². The van der Waals surface area contributed by atoms with Gasteiger partial charge in [-0.1, -0.05) is 44.8 Å². The lowest BCUT2D eigenvalue weighted by atomic mass is 9.49. The Morgan fingerprint density at radius 3 is 2.44 bits per heavy atom. The lowest BCUT2D eigenvalue weighted by molar-refractivity contribution is 0.0214. The van der Waals surface area contributed by atoms with Gasteiger partial charge in [0.1, 0.15) is 0 Å². The smallest absolute Gasteiger partial charge is 0.0146 e. The average molecular weight is 246 g/mol. The van der Waals surface area contributed by atoms with Crippen LogP contribution in [0.15, 0.2) is 11.1 Å². The van der Waals surface area contributed by atoms with Gasteiger partial charge in [0.25, 0.3) is 0 Å². The van der Waals surface area contributed by atoms with E-state index in [1.54, 1.807) is 0 Å². The first kappa shape index (κ1) is 12.8. The second-order valence-corrected chi connectivity index (χ2v) is 7.56. The van der Waals surface area contributed by atoms with Gasteiger partial charge in [0, 0.05) is 0 Å². The summed E-state index contributed by atoms with van der Waals surface area (Å²) >= 11 is 0. The zero-order chi connectivity index (χ0) is 12.8. The zero-order valence-electron chi connectivity index (χ0n) is 12.6. The Balaban J connectivity index is 2.04. The van der Waals surface area contributed by atoms with Crippen molar-refractivity contribution in [3.05, 3.63) is 11.1 Å². The summed E-state index contributed by atoms with van der Waals surface area (Å²) in [5.41, 5.74) is 4.49. The molecule has 0 aliphatic heterocycles. The fourth-order valence-electron chi connectivity index (χ4n) is 5.59. The molecule has 0 nitrogen and oxygen atoms in total. The van der Waals surface area contributed by atoms with E-state index in [0.29, 0.717) is 5.41 Å². The Labute approximate surface area is 113 Å². The van der Waals surface area contributed by atoms with E-state index in [1.165, 1.54) is 57.8 Å². The molecule has 0 amide bonds. The van der Waals surface area contributed by atoms with Crippen LogP contribution in [0.4, 0.5) is 0 Å². The Hall–Kier alpha value is -0.260. The van der Waals surface area contributed by atoms with Crippen LogP contribution in [0.2, 0.25) is 0 Å². The second-order valence-electron chi connectivity index (χ2n) is 7.56. The standard InChI is InChI=1S/C18H30/c1-4-8-14-13-9-5-6-10-15(13)17-12-7-11-16(14)18(17,2)3/h14,16-17H,4-12H2,1-3H3. The topological polar surface area (TPSA) is 0 Å². The molecule has 0 aromatic carbocycles. The third-order valence-corrected chi connectivity index (χ3v) is 6.37. The van der Waals surface area contributed by atoms with E-state index in [-0.39, 0.29) is 0 Å². The van der Waals surface area contributed by atoms with Crippen LogP contribution >= 0.6 is 0 Å². The molecule has 102 valence electrons. The predicted octanol–water partition coefficient (Wildman–Crippen LogP) is 5.73. The fraction of sp³-hybridized carbons (Fsp3) is 0.889. The van der Waals surface area contributed by atoms with Crippen molar-refractivity contribution in [3.63, 3.8) is 0 Å². The number of allylic oxidation sites excluding steroid dienone is 2. The molecule has 0 heteroatoms. The number of rotatable bonds is 2. The van der Waals surface area contributed by atoms with Crippen LogP contribution < -0.4 is 0 Å². The molecular weight excluding hydrogens is 216 g/mol. The molecule has 3 rings (SSSR count). The van der Waals surface area contributed by atoms with Gasteiger partial charge < -0.3 is 0 Å². The quantitative estimate of drug-likeness (QED) is 0.546. The molecule has 0 aromatic rings. The molecule has 0 N–H and O–H groups in total. The minimum Gasteiger partial charge on any atom is -0.0673 e. The summed E-state index contributed by atoms with van der Waals surface area (Å²) in [6.07, 6.45) is 13.1. The summed E-state index contributed by atoms with van der Waals surface area (Å²) in [4.78, 5) is 0. The largest absolute Gasteiger partial charge is 0.0673 e. The summed E-state index contributed by atoms with van der Waals surface area (Å²) in [7, 11) is 0. The highest BCUT2D eigenvalue weighted by Gasteiger charge is 2.50. The summed E-state index contributed by atoms with van der Waals surface area (Å²) in [5, 5.41) is 0. The first-order valence-electron chi connectivity index (χ1n) is 8.38. The minimum atomic E-state index is 0.592. The van der Waals surface area contributed by atoms with Gasteiger partial charge in [-0.15, -0.1) is 0 Å². The van der Waals surface area contributed by atoms with E-state index in [0.717, 1.165) is 17.8 Å². The van der Waals surface area contributed by atoms with Crippen LogP contribution in [-0.2, 0) is 0 Å².